The fraction of sp³-hybridized carbons (Fsp3) is 0.333. The van der Waals surface area contributed by atoms with Gasteiger partial charge >= 0.3 is 0 Å². The van der Waals surface area contributed by atoms with Crippen LogP contribution in [0.1, 0.15) is 40.7 Å². The van der Waals surface area contributed by atoms with Gasteiger partial charge in [-0.15, -0.1) is 11.3 Å². The third-order valence-electron chi connectivity index (χ3n) is 6.88. The number of nitrogens with zero attached hydrogens (tertiary/aromatic N) is 5. The first-order chi connectivity index (χ1) is 16.6. The number of sulfone groups is 1. The van der Waals surface area contributed by atoms with Gasteiger partial charge in [0.1, 0.15) is 5.69 Å². The molecule has 3 aromatic heterocycles. The lowest BCUT2D eigenvalue weighted by atomic mass is 10.0. The molecule has 1 aliphatic heterocycles. The number of benzene rings is 1. The van der Waals surface area contributed by atoms with Crippen molar-refractivity contribution in [2.24, 2.45) is 5.92 Å². The minimum absolute atomic E-state index is 0.0516. The summed E-state index contributed by atoms with van der Waals surface area (Å²) in [5.74, 6) is 0.544. The zero-order chi connectivity index (χ0) is 24.6. The monoisotopic (exact) mass is 508 g/mol. The number of anilines is 1. The fourth-order valence-corrected chi connectivity index (χ4v) is 6.53. The molecule has 2 N–H and O–H groups in total. The van der Waals surface area contributed by atoms with Gasteiger partial charge in [0.15, 0.2) is 21.3 Å². The van der Waals surface area contributed by atoms with Crippen LogP contribution >= 0.6 is 11.3 Å². The highest BCUT2D eigenvalue weighted by Crippen LogP contribution is 2.41. The minimum atomic E-state index is -3.66. The molecule has 9 nitrogen and oxygen atoms in total. The molecule has 1 saturated carbocycles. The normalized spacial score (nSPS) is 16.8. The van der Waals surface area contributed by atoms with Crippen LogP contribution < -0.4 is 5.73 Å². The van der Waals surface area contributed by atoms with Crippen LogP contribution in [-0.4, -0.2) is 50.9 Å². The van der Waals surface area contributed by atoms with Gasteiger partial charge in [0, 0.05) is 36.8 Å². The maximum Gasteiger partial charge on any atom is 0.256 e. The second-order valence-electron chi connectivity index (χ2n) is 9.38. The summed E-state index contributed by atoms with van der Waals surface area (Å²) in [5.41, 5.74) is 9.70. The van der Waals surface area contributed by atoms with Crippen molar-refractivity contribution in [2.75, 3.05) is 12.0 Å². The number of aromatic nitrogens is 4. The molecule has 35 heavy (non-hydrogen) atoms. The number of nitrogens with two attached hydrogens (primary N) is 1. The van der Waals surface area contributed by atoms with Gasteiger partial charge in [-0.25, -0.2) is 23.4 Å². The molecule has 0 unspecified atom stereocenters. The van der Waals surface area contributed by atoms with Crippen molar-refractivity contribution < 1.29 is 13.2 Å². The van der Waals surface area contributed by atoms with E-state index in [1.54, 1.807) is 23.4 Å². The third-order valence-corrected chi connectivity index (χ3v) is 8.94. The SMILES string of the molecule is Cc1ncc(-c2cn3c(-c4cc5c(c(S(C)(=O)=O)c4)C(=O)N([C@@H](C)C4CC4)C5)cnc3c(N)n2)s1. The number of fused-ring (bicyclic) bond motifs is 2. The van der Waals surface area contributed by atoms with Gasteiger partial charge in [0.2, 0.25) is 0 Å². The quantitative estimate of drug-likeness (QED) is 0.437. The Bertz CT molecular complexity index is 1630. The van der Waals surface area contributed by atoms with Crippen LogP contribution in [0.5, 0.6) is 0 Å². The van der Waals surface area contributed by atoms with Crippen LogP contribution in [0.3, 0.4) is 0 Å². The Morgan fingerprint density at radius 3 is 2.63 bits per heavy atom. The summed E-state index contributed by atoms with van der Waals surface area (Å²) >= 11 is 1.51. The van der Waals surface area contributed by atoms with Crippen LogP contribution in [0.25, 0.3) is 27.5 Å². The van der Waals surface area contributed by atoms with E-state index in [-0.39, 0.29) is 22.7 Å². The highest BCUT2D eigenvalue weighted by Gasteiger charge is 2.41. The van der Waals surface area contributed by atoms with Crippen molar-refractivity contribution in [1.82, 2.24) is 24.3 Å². The number of aryl methyl sites for hydroxylation is 1. The highest BCUT2D eigenvalue weighted by molar-refractivity contribution is 7.90. The molecule has 11 heteroatoms. The van der Waals surface area contributed by atoms with Gasteiger partial charge < -0.3 is 10.6 Å². The van der Waals surface area contributed by atoms with Crippen molar-refractivity contribution in [3.05, 3.63) is 46.9 Å². The molecule has 0 spiro atoms. The van der Waals surface area contributed by atoms with E-state index in [1.165, 1.54) is 11.3 Å². The Morgan fingerprint density at radius 2 is 1.97 bits per heavy atom. The summed E-state index contributed by atoms with van der Waals surface area (Å²) in [7, 11) is -3.66. The summed E-state index contributed by atoms with van der Waals surface area (Å²) in [6.45, 7) is 4.37. The number of rotatable bonds is 5. The number of carbonyl (C=O) groups is 1. The van der Waals surface area contributed by atoms with Gasteiger partial charge in [0.25, 0.3) is 5.91 Å². The van der Waals surface area contributed by atoms with E-state index in [1.807, 2.05) is 30.5 Å². The molecule has 1 fully saturated rings. The standard InChI is InChI=1S/C24H24N6O3S2/c1-12(14-4-5-14)29-10-16-6-15(7-20(35(3,32)33)21(16)24(29)31)18-8-27-23-22(25)28-17(11-30(18)23)19-9-26-13(2)34-19/h6-9,11-12,14H,4-5,10H2,1-3H3,(H2,25,28)/t12-/m0/s1. The lowest BCUT2D eigenvalue weighted by Gasteiger charge is -2.24. The Balaban J connectivity index is 1.52. The molecule has 0 bridgehead atoms. The van der Waals surface area contributed by atoms with Gasteiger partial charge in [0.05, 0.1) is 32.2 Å². The largest absolute Gasteiger partial charge is 0.381 e. The van der Waals surface area contributed by atoms with Crippen molar-refractivity contribution in [1.29, 1.82) is 0 Å². The zero-order valence-electron chi connectivity index (χ0n) is 19.5. The van der Waals surface area contributed by atoms with Gasteiger partial charge in [-0.05, 0) is 50.3 Å². The lowest BCUT2D eigenvalue weighted by Crippen LogP contribution is -2.35. The van der Waals surface area contributed by atoms with Crippen molar-refractivity contribution in [3.63, 3.8) is 0 Å². The van der Waals surface area contributed by atoms with Crippen LogP contribution in [0.4, 0.5) is 5.82 Å². The Kier molecular flexibility index (Phi) is 4.81. The lowest BCUT2D eigenvalue weighted by molar-refractivity contribution is 0.0694. The van der Waals surface area contributed by atoms with E-state index in [0.29, 0.717) is 40.6 Å². The van der Waals surface area contributed by atoms with Gasteiger partial charge in [-0.2, -0.15) is 0 Å². The topological polar surface area (TPSA) is 124 Å². The van der Waals surface area contributed by atoms with E-state index in [4.69, 9.17) is 5.73 Å². The van der Waals surface area contributed by atoms with E-state index in [0.717, 1.165) is 34.5 Å². The van der Waals surface area contributed by atoms with Crippen molar-refractivity contribution in [2.45, 2.75) is 44.2 Å². The number of hydrogen-bond acceptors (Lipinski definition) is 8. The highest BCUT2D eigenvalue weighted by atomic mass is 32.2. The molecule has 1 aliphatic carbocycles. The summed E-state index contributed by atoms with van der Waals surface area (Å²) in [6, 6.07) is 3.56. The predicted octanol–water partition coefficient (Wildman–Crippen LogP) is 3.57. The smallest absolute Gasteiger partial charge is 0.256 e. The number of imidazole rings is 1. The predicted molar refractivity (Wildman–Crippen MR) is 134 cm³/mol. The van der Waals surface area contributed by atoms with Crippen LogP contribution in [0.2, 0.25) is 0 Å². The molecule has 4 heterocycles. The van der Waals surface area contributed by atoms with Gasteiger partial charge in [-0.1, -0.05) is 0 Å². The average molecular weight is 509 g/mol. The van der Waals surface area contributed by atoms with Crippen molar-refractivity contribution in [3.8, 4) is 21.8 Å². The Labute approximate surface area is 206 Å². The van der Waals surface area contributed by atoms with Gasteiger partial charge in [-0.3, -0.25) is 9.20 Å². The number of thiazole rings is 1. The second-order valence-corrected chi connectivity index (χ2v) is 12.6. The molecular formula is C24H24N6O3S2. The molecule has 0 saturated heterocycles. The fourth-order valence-electron chi connectivity index (χ4n) is 4.87. The second kappa shape index (κ2) is 7.59. The first-order valence-corrected chi connectivity index (χ1v) is 14.1. The van der Waals surface area contributed by atoms with E-state index < -0.39 is 9.84 Å². The molecule has 1 amide bonds. The van der Waals surface area contributed by atoms with E-state index in [2.05, 4.69) is 15.0 Å². The number of nitrogen functional groups attached to an aromatic ring is 1. The zero-order valence-corrected chi connectivity index (χ0v) is 21.2. The number of carbonyl (C=O) groups excluding carboxylic acids is 1. The molecule has 180 valence electrons. The minimum Gasteiger partial charge on any atom is -0.381 e. The summed E-state index contributed by atoms with van der Waals surface area (Å²) in [4.78, 5) is 29.3. The number of hydrogen-bond donors (Lipinski definition) is 1. The average Bonchev–Trinajstić information content (AvgIpc) is 3.27. The molecule has 0 radical (unpaired) electrons. The summed E-state index contributed by atoms with van der Waals surface area (Å²) < 4.78 is 27.4. The molecule has 2 aliphatic rings. The van der Waals surface area contributed by atoms with Crippen LogP contribution in [0, 0.1) is 12.8 Å². The maximum absolute atomic E-state index is 13.3. The summed E-state index contributed by atoms with van der Waals surface area (Å²) in [5, 5.41) is 0.914. The van der Waals surface area contributed by atoms with Crippen LogP contribution in [-0.2, 0) is 16.4 Å². The molecule has 6 rings (SSSR count). The van der Waals surface area contributed by atoms with Crippen LogP contribution in [0.15, 0.2) is 35.6 Å². The van der Waals surface area contributed by atoms with Crippen molar-refractivity contribution >= 4 is 38.5 Å². The van der Waals surface area contributed by atoms with E-state index >= 15 is 0 Å². The first-order valence-electron chi connectivity index (χ1n) is 11.4. The molecule has 4 aromatic rings. The Morgan fingerprint density at radius 1 is 1.20 bits per heavy atom. The molecule has 1 atom stereocenters. The molecule has 1 aromatic carbocycles. The maximum atomic E-state index is 13.3. The molecular weight excluding hydrogens is 484 g/mol. The van der Waals surface area contributed by atoms with E-state index in [9.17, 15) is 13.2 Å². The summed E-state index contributed by atoms with van der Waals surface area (Å²) in [6.07, 6.45) is 8.59. The Hall–Kier alpha value is -3.31. The number of amides is 1. The third kappa shape index (κ3) is 3.61. The first kappa shape index (κ1) is 22.2.